The van der Waals surface area contributed by atoms with Crippen LogP contribution in [0.15, 0.2) is 0 Å². The monoisotopic (exact) mass is 592 g/mol. The van der Waals surface area contributed by atoms with Crippen molar-refractivity contribution >= 4 is 23.8 Å². The smallest absolute Gasteiger partial charge is 0.331 e. The van der Waals surface area contributed by atoms with E-state index in [9.17, 15) is 29.4 Å². The summed E-state index contributed by atoms with van der Waals surface area (Å²) in [7, 11) is 0. The molecule has 0 unspecified atom stereocenters. The average Bonchev–Trinajstić information content (AvgIpc) is 3.30. The lowest BCUT2D eigenvalue weighted by Crippen LogP contribution is -2.54. The van der Waals surface area contributed by atoms with Crippen LogP contribution in [0.4, 0.5) is 0 Å². The molecule has 4 rings (SSSR count). The van der Waals surface area contributed by atoms with Crippen molar-refractivity contribution in [2.75, 3.05) is 6.61 Å². The van der Waals surface area contributed by atoms with Crippen molar-refractivity contribution in [2.45, 2.75) is 122 Å². The van der Waals surface area contributed by atoms with Gasteiger partial charge in [-0.25, -0.2) is 4.79 Å². The maximum absolute atomic E-state index is 12.9. The molecule has 4 aliphatic rings. The molecule has 0 aromatic heterocycles. The highest BCUT2D eigenvalue weighted by atomic mass is 16.5. The Balaban J connectivity index is 1.32. The van der Waals surface area contributed by atoms with E-state index < -0.39 is 42.5 Å². The van der Waals surface area contributed by atoms with Crippen LogP contribution >= 0.6 is 0 Å². The SMILES string of the molecule is C[C@H](CCC(=O)O)[C@H]1CC[C@H]2[C@@H]3CC[C@@H]4C[C@H](OC(=O)[C@H](CO)NC(=O)CC[C@H](N)C(=O)O)CC[C@]4(C)[C@H]3CC[C@]12C. The largest absolute Gasteiger partial charge is 0.481 e. The molecular formula is C32H52N2O8. The molecule has 6 N–H and O–H groups in total. The molecule has 0 heterocycles. The molecule has 0 bridgehead atoms. The van der Waals surface area contributed by atoms with Gasteiger partial charge in [0.05, 0.1) is 6.61 Å². The fraction of sp³-hybridized carbons (Fsp3) is 0.875. The number of fused-ring (bicyclic) bond motifs is 5. The van der Waals surface area contributed by atoms with E-state index in [1.807, 2.05) is 0 Å². The van der Waals surface area contributed by atoms with Crippen LogP contribution in [0.25, 0.3) is 0 Å². The van der Waals surface area contributed by atoms with Gasteiger partial charge in [-0.15, -0.1) is 0 Å². The summed E-state index contributed by atoms with van der Waals surface area (Å²) in [6.07, 6.45) is 10.3. The number of nitrogens with two attached hydrogens (primary N) is 1. The molecule has 0 saturated heterocycles. The number of hydrogen-bond donors (Lipinski definition) is 5. The molecule has 42 heavy (non-hydrogen) atoms. The van der Waals surface area contributed by atoms with Crippen molar-refractivity contribution in [3.63, 3.8) is 0 Å². The number of carbonyl (C=O) groups is 4. The van der Waals surface area contributed by atoms with Crippen LogP contribution in [0.2, 0.25) is 0 Å². The van der Waals surface area contributed by atoms with E-state index in [1.54, 1.807) is 0 Å². The number of ether oxygens (including phenoxy) is 1. The Morgan fingerprint density at radius 3 is 2.29 bits per heavy atom. The van der Waals surface area contributed by atoms with Crippen molar-refractivity contribution in [3.05, 3.63) is 0 Å². The number of aliphatic carboxylic acids is 2. The summed E-state index contributed by atoms with van der Waals surface area (Å²) in [4.78, 5) is 47.2. The second-order valence-electron chi connectivity index (χ2n) is 14.4. The molecule has 1 amide bonds. The summed E-state index contributed by atoms with van der Waals surface area (Å²) >= 11 is 0. The molecular weight excluding hydrogens is 540 g/mol. The molecule has 4 aliphatic carbocycles. The second kappa shape index (κ2) is 13.2. The standard InChI is InChI=1S/C32H52N2O8/c1-18(4-11-28(37)38)22-7-8-23-21-6-5-19-16-20(12-14-31(19,2)24(21)13-15-32(22,23)3)42-30(41)26(17-35)34-27(36)10-9-25(33)29(39)40/h18-26,35H,4-17,33H2,1-3H3,(H,34,36)(H,37,38)(H,39,40)/t18-,19-,20-,21+,22-,23+,24+,25+,26+,31+,32-/m1/s1. The van der Waals surface area contributed by atoms with Gasteiger partial charge in [0.2, 0.25) is 5.91 Å². The van der Waals surface area contributed by atoms with Gasteiger partial charge in [-0.05, 0) is 117 Å². The average molecular weight is 593 g/mol. The van der Waals surface area contributed by atoms with E-state index in [1.165, 1.54) is 32.1 Å². The zero-order chi connectivity index (χ0) is 30.8. The predicted molar refractivity (Wildman–Crippen MR) is 155 cm³/mol. The van der Waals surface area contributed by atoms with E-state index in [0.717, 1.165) is 32.1 Å². The van der Waals surface area contributed by atoms with Crippen LogP contribution in [0.1, 0.15) is 104 Å². The first-order valence-corrected chi connectivity index (χ1v) is 16.1. The van der Waals surface area contributed by atoms with E-state index >= 15 is 0 Å². The number of nitrogens with one attached hydrogen (secondary N) is 1. The third-order valence-electron chi connectivity index (χ3n) is 12.3. The minimum Gasteiger partial charge on any atom is -0.481 e. The Bertz CT molecular complexity index is 1020. The van der Waals surface area contributed by atoms with Crippen LogP contribution < -0.4 is 11.1 Å². The highest BCUT2D eigenvalue weighted by molar-refractivity contribution is 5.85. The highest BCUT2D eigenvalue weighted by Crippen LogP contribution is 2.68. The topological polar surface area (TPSA) is 176 Å². The van der Waals surface area contributed by atoms with Crippen LogP contribution in [0, 0.1) is 46.3 Å². The fourth-order valence-corrected chi connectivity index (χ4v) is 9.96. The summed E-state index contributed by atoms with van der Waals surface area (Å²) < 4.78 is 5.83. The van der Waals surface area contributed by atoms with Crippen molar-refractivity contribution in [1.29, 1.82) is 0 Å². The molecule has 11 atom stereocenters. The number of aliphatic hydroxyl groups is 1. The summed E-state index contributed by atoms with van der Waals surface area (Å²) in [5.41, 5.74) is 5.94. The Kier molecular flexibility index (Phi) is 10.3. The number of esters is 1. The van der Waals surface area contributed by atoms with Gasteiger partial charge < -0.3 is 31.1 Å². The number of carboxylic acids is 2. The van der Waals surface area contributed by atoms with Gasteiger partial charge in [0.1, 0.15) is 12.1 Å². The van der Waals surface area contributed by atoms with Crippen LogP contribution in [-0.2, 0) is 23.9 Å². The van der Waals surface area contributed by atoms with E-state index in [-0.39, 0.29) is 36.2 Å². The first-order chi connectivity index (χ1) is 19.8. The van der Waals surface area contributed by atoms with Gasteiger partial charge in [0, 0.05) is 12.8 Å². The Hall–Kier alpha value is -2.20. The molecule has 4 fully saturated rings. The third-order valence-corrected chi connectivity index (χ3v) is 12.3. The minimum absolute atomic E-state index is 0.0657. The maximum atomic E-state index is 12.9. The summed E-state index contributed by atoms with van der Waals surface area (Å²) in [5.74, 6) is 0.428. The molecule has 0 aromatic carbocycles. The summed E-state index contributed by atoms with van der Waals surface area (Å²) in [6, 6.07) is -2.35. The van der Waals surface area contributed by atoms with Crippen LogP contribution in [0.3, 0.4) is 0 Å². The lowest BCUT2D eigenvalue weighted by molar-refractivity contribution is -0.166. The normalized spacial score (nSPS) is 37.7. The van der Waals surface area contributed by atoms with E-state index in [0.29, 0.717) is 35.5 Å². The quantitative estimate of drug-likeness (QED) is 0.211. The fourth-order valence-electron chi connectivity index (χ4n) is 9.96. The molecule has 0 spiro atoms. The molecule has 0 aliphatic heterocycles. The molecule has 0 aromatic rings. The van der Waals surface area contributed by atoms with E-state index in [2.05, 4.69) is 26.1 Å². The maximum Gasteiger partial charge on any atom is 0.331 e. The Morgan fingerprint density at radius 1 is 0.929 bits per heavy atom. The second-order valence-corrected chi connectivity index (χ2v) is 14.4. The van der Waals surface area contributed by atoms with Gasteiger partial charge in [-0.1, -0.05) is 20.8 Å². The number of rotatable bonds is 12. The van der Waals surface area contributed by atoms with Crippen LogP contribution in [0.5, 0.6) is 0 Å². The zero-order valence-electron chi connectivity index (χ0n) is 25.6. The Morgan fingerprint density at radius 2 is 1.62 bits per heavy atom. The van der Waals surface area contributed by atoms with Crippen LogP contribution in [-0.4, -0.2) is 63.9 Å². The number of hydrogen-bond acceptors (Lipinski definition) is 7. The van der Waals surface area contributed by atoms with Crippen molar-refractivity contribution < 1.29 is 39.2 Å². The van der Waals surface area contributed by atoms with Gasteiger partial charge in [0.25, 0.3) is 0 Å². The number of aliphatic hydroxyl groups excluding tert-OH is 1. The first-order valence-electron chi connectivity index (χ1n) is 16.1. The summed E-state index contributed by atoms with van der Waals surface area (Å²) in [5, 5.41) is 30.3. The van der Waals surface area contributed by atoms with Crippen molar-refractivity contribution in [2.24, 2.45) is 52.1 Å². The highest BCUT2D eigenvalue weighted by Gasteiger charge is 2.60. The molecule has 0 radical (unpaired) electrons. The molecule has 10 heteroatoms. The molecule has 4 saturated carbocycles. The number of carboxylic acid groups (broad SMARTS) is 2. The zero-order valence-corrected chi connectivity index (χ0v) is 25.6. The Labute approximate surface area is 249 Å². The lowest BCUT2D eigenvalue weighted by atomic mass is 9.44. The lowest BCUT2D eigenvalue weighted by Gasteiger charge is -2.61. The van der Waals surface area contributed by atoms with E-state index in [4.69, 9.17) is 15.6 Å². The molecule has 10 nitrogen and oxygen atoms in total. The van der Waals surface area contributed by atoms with Crippen molar-refractivity contribution in [1.82, 2.24) is 5.32 Å². The minimum atomic E-state index is -1.20. The van der Waals surface area contributed by atoms with Crippen molar-refractivity contribution in [3.8, 4) is 0 Å². The van der Waals surface area contributed by atoms with Gasteiger partial charge in [0.15, 0.2) is 6.04 Å². The number of amides is 1. The van der Waals surface area contributed by atoms with Gasteiger partial charge in [-0.3, -0.25) is 14.4 Å². The number of carbonyl (C=O) groups excluding carboxylic acids is 2. The molecule has 238 valence electrons. The first kappa shape index (κ1) is 32.7. The van der Waals surface area contributed by atoms with Gasteiger partial charge in [-0.2, -0.15) is 0 Å². The predicted octanol–water partition coefficient (Wildman–Crippen LogP) is 3.73. The van der Waals surface area contributed by atoms with Gasteiger partial charge >= 0.3 is 17.9 Å². The summed E-state index contributed by atoms with van der Waals surface area (Å²) in [6.45, 7) is 6.61. The third kappa shape index (κ3) is 6.64.